The van der Waals surface area contributed by atoms with Gasteiger partial charge in [-0.15, -0.1) is 11.3 Å². The van der Waals surface area contributed by atoms with E-state index in [4.69, 9.17) is 4.74 Å². The standard InChI is InChI=1S/C18H15NO4S/c1-2-23-16(21)10-15(20)19-12-7-5-9-14-17(12)18(22)11-6-3-4-8-13(11)24-14/h3-9H,2,10H2,1H3,(H,19,20). The maximum absolute atomic E-state index is 12.8. The molecule has 122 valence electrons. The summed E-state index contributed by atoms with van der Waals surface area (Å²) in [7, 11) is 0. The van der Waals surface area contributed by atoms with Gasteiger partial charge >= 0.3 is 5.97 Å². The van der Waals surface area contributed by atoms with Crippen LogP contribution in [0, 0.1) is 0 Å². The summed E-state index contributed by atoms with van der Waals surface area (Å²) in [5, 5.41) is 3.72. The lowest BCUT2D eigenvalue weighted by Crippen LogP contribution is -2.19. The molecule has 2 aromatic carbocycles. The summed E-state index contributed by atoms with van der Waals surface area (Å²) in [5.74, 6) is -1.09. The van der Waals surface area contributed by atoms with Gasteiger partial charge in [0, 0.05) is 14.8 Å². The predicted molar refractivity (Wildman–Crippen MR) is 95.5 cm³/mol. The zero-order valence-electron chi connectivity index (χ0n) is 13.0. The number of nitrogens with one attached hydrogen (secondary N) is 1. The van der Waals surface area contributed by atoms with Gasteiger partial charge in [-0.2, -0.15) is 0 Å². The Morgan fingerprint density at radius 2 is 1.83 bits per heavy atom. The Hall–Kier alpha value is -2.73. The molecule has 0 spiro atoms. The zero-order chi connectivity index (χ0) is 17.1. The Morgan fingerprint density at radius 1 is 1.08 bits per heavy atom. The number of carbonyl (C=O) groups excluding carboxylic acids is 2. The van der Waals surface area contributed by atoms with Crippen molar-refractivity contribution in [3.63, 3.8) is 0 Å². The second-order valence-electron chi connectivity index (χ2n) is 5.14. The average molecular weight is 341 g/mol. The van der Waals surface area contributed by atoms with Crippen LogP contribution in [0.3, 0.4) is 0 Å². The number of hydrogen-bond acceptors (Lipinski definition) is 5. The topological polar surface area (TPSA) is 72.5 Å². The highest BCUT2D eigenvalue weighted by Crippen LogP contribution is 2.28. The number of hydrogen-bond donors (Lipinski definition) is 1. The average Bonchev–Trinajstić information content (AvgIpc) is 2.55. The van der Waals surface area contributed by atoms with E-state index < -0.39 is 11.9 Å². The van der Waals surface area contributed by atoms with E-state index in [0.29, 0.717) is 16.5 Å². The first-order valence-electron chi connectivity index (χ1n) is 7.50. The minimum absolute atomic E-state index is 0.133. The third-order valence-electron chi connectivity index (χ3n) is 3.49. The van der Waals surface area contributed by atoms with Crippen molar-refractivity contribution in [2.24, 2.45) is 0 Å². The van der Waals surface area contributed by atoms with Gasteiger partial charge in [-0.05, 0) is 31.2 Å². The number of rotatable bonds is 4. The smallest absolute Gasteiger partial charge is 0.315 e. The van der Waals surface area contributed by atoms with Crippen molar-refractivity contribution in [2.45, 2.75) is 13.3 Å². The SMILES string of the molecule is CCOC(=O)CC(=O)Nc1cccc2sc3ccccc3c(=O)c12. The number of amides is 1. The summed E-state index contributed by atoms with van der Waals surface area (Å²) in [4.78, 5) is 36.2. The van der Waals surface area contributed by atoms with Crippen molar-refractivity contribution < 1.29 is 14.3 Å². The third-order valence-corrected chi connectivity index (χ3v) is 4.63. The minimum Gasteiger partial charge on any atom is -0.466 e. The van der Waals surface area contributed by atoms with Crippen molar-refractivity contribution in [3.8, 4) is 0 Å². The molecule has 0 fully saturated rings. The minimum atomic E-state index is -0.592. The molecule has 0 bridgehead atoms. The first-order chi connectivity index (χ1) is 11.6. The van der Waals surface area contributed by atoms with Gasteiger partial charge in [-0.25, -0.2) is 0 Å². The second kappa shape index (κ2) is 6.80. The number of carbonyl (C=O) groups is 2. The van der Waals surface area contributed by atoms with E-state index in [2.05, 4.69) is 5.32 Å². The van der Waals surface area contributed by atoms with Crippen LogP contribution in [-0.4, -0.2) is 18.5 Å². The fourth-order valence-corrected chi connectivity index (χ4v) is 3.59. The molecular formula is C18H15NO4S. The molecule has 6 heteroatoms. The molecular weight excluding hydrogens is 326 g/mol. The van der Waals surface area contributed by atoms with Gasteiger partial charge in [0.15, 0.2) is 5.43 Å². The fraction of sp³-hybridized carbons (Fsp3) is 0.167. The monoisotopic (exact) mass is 341 g/mol. The van der Waals surface area contributed by atoms with Gasteiger partial charge in [0.25, 0.3) is 0 Å². The van der Waals surface area contributed by atoms with Crippen molar-refractivity contribution in [1.82, 2.24) is 0 Å². The summed E-state index contributed by atoms with van der Waals surface area (Å²) in [6.45, 7) is 1.90. The lowest BCUT2D eigenvalue weighted by atomic mass is 10.1. The van der Waals surface area contributed by atoms with Crippen LogP contribution in [-0.2, 0) is 14.3 Å². The number of ether oxygens (including phenoxy) is 1. The highest BCUT2D eigenvalue weighted by molar-refractivity contribution is 7.24. The summed E-state index contributed by atoms with van der Waals surface area (Å²) in [6.07, 6.45) is -0.380. The largest absolute Gasteiger partial charge is 0.466 e. The quantitative estimate of drug-likeness (QED) is 0.449. The maximum Gasteiger partial charge on any atom is 0.315 e. The first kappa shape index (κ1) is 16.1. The molecule has 0 aliphatic rings. The van der Waals surface area contributed by atoms with Crippen LogP contribution in [0.2, 0.25) is 0 Å². The Labute approximate surface area is 141 Å². The number of esters is 1. The molecule has 3 aromatic rings. The molecule has 3 rings (SSSR count). The Kier molecular flexibility index (Phi) is 4.57. The lowest BCUT2D eigenvalue weighted by molar-refractivity contribution is -0.145. The van der Waals surface area contributed by atoms with E-state index in [-0.39, 0.29) is 18.5 Å². The van der Waals surface area contributed by atoms with Crippen LogP contribution in [0.15, 0.2) is 47.3 Å². The van der Waals surface area contributed by atoms with Crippen LogP contribution in [0.5, 0.6) is 0 Å². The van der Waals surface area contributed by atoms with Gasteiger partial charge in [0.05, 0.1) is 17.7 Å². The molecule has 0 aliphatic carbocycles. The molecule has 0 saturated heterocycles. The van der Waals surface area contributed by atoms with Gasteiger partial charge < -0.3 is 10.1 Å². The van der Waals surface area contributed by atoms with Gasteiger partial charge in [-0.3, -0.25) is 14.4 Å². The van der Waals surface area contributed by atoms with Crippen molar-refractivity contribution in [3.05, 3.63) is 52.7 Å². The van der Waals surface area contributed by atoms with Crippen LogP contribution in [0.4, 0.5) is 5.69 Å². The molecule has 1 amide bonds. The Morgan fingerprint density at radius 3 is 2.62 bits per heavy atom. The highest BCUT2D eigenvalue weighted by Gasteiger charge is 2.14. The van der Waals surface area contributed by atoms with Crippen molar-refractivity contribution in [2.75, 3.05) is 11.9 Å². The summed E-state index contributed by atoms with van der Waals surface area (Å²) < 4.78 is 6.44. The van der Waals surface area contributed by atoms with E-state index in [0.717, 1.165) is 9.40 Å². The van der Waals surface area contributed by atoms with E-state index in [9.17, 15) is 14.4 Å². The molecule has 0 unspecified atom stereocenters. The van der Waals surface area contributed by atoms with Gasteiger partial charge in [0.1, 0.15) is 6.42 Å². The number of benzene rings is 2. The molecule has 1 N–H and O–H groups in total. The van der Waals surface area contributed by atoms with Crippen LogP contribution >= 0.6 is 11.3 Å². The van der Waals surface area contributed by atoms with E-state index >= 15 is 0 Å². The maximum atomic E-state index is 12.8. The molecule has 0 atom stereocenters. The van der Waals surface area contributed by atoms with E-state index in [1.54, 1.807) is 25.1 Å². The predicted octanol–water partition coefficient (Wildman–Crippen LogP) is 3.31. The first-order valence-corrected chi connectivity index (χ1v) is 8.32. The van der Waals surface area contributed by atoms with Crippen LogP contribution in [0.1, 0.15) is 13.3 Å². The number of anilines is 1. The fourth-order valence-electron chi connectivity index (χ4n) is 2.49. The molecule has 1 heterocycles. The van der Waals surface area contributed by atoms with Crippen molar-refractivity contribution >= 4 is 49.1 Å². The molecule has 24 heavy (non-hydrogen) atoms. The van der Waals surface area contributed by atoms with Gasteiger partial charge in [0.2, 0.25) is 5.91 Å². The van der Waals surface area contributed by atoms with Gasteiger partial charge in [-0.1, -0.05) is 18.2 Å². The van der Waals surface area contributed by atoms with E-state index in [1.807, 2.05) is 24.3 Å². The summed E-state index contributed by atoms with van der Waals surface area (Å²) in [6, 6.07) is 12.6. The Bertz CT molecular complexity index is 993. The second-order valence-corrected chi connectivity index (χ2v) is 6.22. The van der Waals surface area contributed by atoms with Crippen LogP contribution in [0.25, 0.3) is 20.2 Å². The molecule has 0 saturated carbocycles. The molecule has 0 aliphatic heterocycles. The van der Waals surface area contributed by atoms with Crippen molar-refractivity contribution in [1.29, 1.82) is 0 Å². The molecule has 5 nitrogen and oxygen atoms in total. The van der Waals surface area contributed by atoms with E-state index in [1.165, 1.54) is 11.3 Å². The lowest BCUT2D eigenvalue weighted by Gasteiger charge is -2.09. The highest BCUT2D eigenvalue weighted by atomic mass is 32.1. The van der Waals surface area contributed by atoms with Crippen LogP contribution < -0.4 is 10.7 Å². The third kappa shape index (κ3) is 3.14. The summed E-state index contributed by atoms with van der Waals surface area (Å²) in [5.41, 5.74) is 0.278. The molecule has 0 radical (unpaired) electrons. The Balaban J connectivity index is 2.03. The molecule has 1 aromatic heterocycles. The normalized spacial score (nSPS) is 10.7. The zero-order valence-corrected chi connectivity index (χ0v) is 13.8. The number of fused-ring (bicyclic) bond motifs is 2. The summed E-state index contributed by atoms with van der Waals surface area (Å²) >= 11 is 1.49.